The van der Waals surface area contributed by atoms with Gasteiger partial charge in [0.05, 0.1) is 23.5 Å². The Morgan fingerprint density at radius 1 is 0.972 bits per heavy atom. The number of ether oxygens (including phenoxy) is 1. The molecule has 0 bridgehead atoms. The van der Waals surface area contributed by atoms with Crippen molar-refractivity contribution in [2.45, 2.75) is 59.7 Å². The van der Waals surface area contributed by atoms with Crippen LogP contribution in [-0.4, -0.2) is 60.2 Å². The lowest BCUT2D eigenvalue weighted by atomic mass is 10.1. The van der Waals surface area contributed by atoms with Crippen LogP contribution in [0.3, 0.4) is 0 Å². The Bertz CT molecular complexity index is 1290. The van der Waals surface area contributed by atoms with E-state index in [9.17, 15) is 8.42 Å². The third kappa shape index (κ3) is 6.41. The summed E-state index contributed by atoms with van der Waals surface area (Å²) in [7, 11) is -3.20. The van der Waals surface area contributed by atoms with Crippen LogP contribution in [0.1, 0.15) is 51.7 Å². The summed E-state index contributed by atoms with van der Waals surface area (Å²) in [4.78, 5) is 12.1. The predicted octanol–water partition coefficient (Wildman–Crippen LogP) is 5.17. The van der Waals surface area contributed by atoms with Gasteiger partial charge in [0.1, 0.15) is 5.82 Å². The normalized spacial score (nSPS) is 15.5. The minimum Gasteiger partial charge on any atom is -0.371 e. The van der Waals surface area contributed by atoms with Crippen molar-refractivity contribution in [1.82, 2.24) is 14.3 Å². The zero-order valence-electron chi connectivity index (χ0n) is 22.1. The third-order valence-electron chi connectivity index (χ3n) is 6.40. The molecule has 0 unspecified atom stereocenters. The van der Waals surface area contributed by atoms with Crippen LogP contribution in [0, 0.1) is 6.92 Å². The van der Waals surface area contributed by atoms with Gasteiger partial charge in [0.15, 0.2) is 5.82 Å². The second-order valence-corrected chi connectivity index (χ2v) is 12.6. The number of nitrogens with zero attached hydrogens (tertiary/aromatic N) is 4. The summed E-state index contributed by atoms with van der Waals surface area (Å²) in [5.41, 5.74) is 3.89. The first-order chi connectivity index (χ1) is 17.1. The number of rotatable bonds is 8. The van der Waals surface area contributed by atoms with Crippen LogP contribution in [-0.2, 0) is 21.4 Å². The Morgan fingerprint density at radius 2 is 1.67 bits per heavy atom. The molecule has 1 saturated heterocycles. The molecule has 2 heterocycles. The molecule has 0 N–H and O–H groups in total. The van der Waals surface area contributed by atoms with Crippen LogP contribution in [0.5, 0.6) is 0 Å². The van der Waals surface area contributed by atoms with Gasteiger partial charge in [0, 0.05) is 37.1 Å². The molecule has 0 spiro atoms. The van der Waals surface area contributed by atoms with Crippen LogP contribution >= 0.6 is 0 Å². The summed E-state index contributed by atoms with van der Waals surface area (Å²) >= 11 is 0. The first-order valence-corrected chi connectivity index (χ1v) is 14.4. The van der Waals surface area contributed by atoms with Gasteiger partial charge in [-0.05, 0) is 57.4 Å². The van der Waals surface area contributed by atoms with Crippen molar-refractivity contribution in [3.8, 4) is 11.4 Å². The Balaban J connectivity index is 1.60. The fourth-order valence-electron chi connectivity index (χ4n) is 4.28. The van der Waals surface area contributed by atoms with Crippen molar-refractivity contribution >= 4 is 26.7 Å². The maximum absolute atomic E-state index is 12.7. The smallest absolute Gasteiger partial charge is 0.214 e. The van der Waals surface area contributed by atoms with E-state index in [1.54, 1.807) is 4.31 Å². The van der Waals surface area contributed by atoms with E-state index in [1.165, 1.54) is 0 Å². The Hall–Kier alpha value is -2.55. The van der Waals surface area contributed by atoms with E-state index < -0.39 is 10.0 Å². The largest absolute Gasteiger partial charge is 0.371 e. The zero-order valence-corrected chi connectivity index (χ0v) is 22.9. The molecule has 7 nitrogen and oxygen atoms in total. The molecule has 2 aromatic carbocycles. The molecule has 194 valence electrons. The van der Waals surface area contributed by atoms with Crippen molar-refractivity contribution in [2.75, 3.05) is 36.8 Å². The molecule has 0 radical (unpaired) electrons. The molecule has 4 rings (SSSR count). The predicted molar refractivity (Wildman–Crippen MR) is 147 cm³/mol. The number of hydrogen-bond donors (Lipinski definition) is 0. The highest BCUT2D eigenvalue weighted by Gasteiger charge is 2.28. The van der Waals surface area contributed by atoms with Gasteiger partial charge in [0.2, 0.25) is 10.0 Å². The van der Waals surface area contributed by atoms with Gasteiger partial charge in [-0.3, -0.25) is 0 Å². The average molecular weight is 511 g/mol. The lowest BCUT2D eigenvalue weighted by Gasteiger charge is -2.35. The summed E-state index contributed by atoms with van der Waals surface area (Å²) in [5, 5.41) is 0.988. The Morgan fingerprint density at radius 3 is 2.31 bits per heavy atom. The molecule has 1 aliphatic rings. The maximum Gasteiger partial charge on any atom is 0.214 e. The van der Waals surface area contributed by atoms with Gasteiger partial charge in [-0.15, -0.1) is 0 Å². The maximum atomic E-state index is 12.7. The number of anilines is 1. The fourth-order valence-corrected chi connectivity index (χ4v) is 5.91. The number of benzene rings is 2. The molecule has 3 aromatic rings. The van der Waals surface area contributed by atoms with Gasteiger partial charge >= 0.3 is 0 Å². The quantitative estimate of drug-likeness (QED) is 0.416. The van der Waals surface area contributed by atoms with E-state index in [4.69, 9.17) is 14.7 Å². The van der Waals surface area contributed by atoms with Gasteiger partial charge in [0.25, 0.3) is 0 Å². The molecule has 1 fully saturated rings. The third-order valence-corrected chi connectivity index (χ3v) is 8.36. The summed E-state index contributed by atoms with van der Waals surface area (Å²) in [6.45, 7) is 12.9. The van der Waals surface area contributed by atoms with Gasteiger partial charge < -0.3 is 9.64 Å². The summed E-state index contributed by atoms with van der Waals surface area (Å²) in [6, 6.07) is 14.4. The number of unbranched alkanes of at least 4 members (excludes halogenated alkanes) is 1. The number of aryl methyl sites for hydroxylation is 1. The molecule has 0 aliphatic carbocycles. The van der Waals surface area contributed by atoms with Crippen LogP contribution in [0.15, 0.2) is 42.5 Å². The molecule has 36 heavy (non-hydrogen) atoms. The second-order valence-electron chi connectivity index (χ2n) is 10.5. The van der Waals surface area contributed by atoms with E-state index in [-0.39, 0.29) is 11.4 Å². The molecule has 0 atom stereocenters. The van der Waals surface area contributed by atoms with Crippen LogP contribution in [0.4, 0.5) is 5.82 Å². The molecule has 0 amide bonds. The van der Waals surface area contributed by atoms with Gasteiger partial charge in [-0.25, -0.2) is 18.4 Å². The fraction of sp³-hybridized carbons (Fsp3) is 0.500. The number of sulfonamides is 1. The van der Waals surface area contributed by atoms with Gasteiger partial charge in [-0.2, -0.15) is 4.31 Å². The number of fused-ring (bicyclic) bond motifs is 1. The molecular weight excluding hydrogens is 472 g/mol. The molecular formula is C28H38N4O3S. The Labute approximate surface area is 215 Å². The number of piperazine rings is 1. The highest BCUT2D eigenvalue weighted by atomic mass is 32.2. The van der Waals surface area contributed by atoms with Crippen molar-refractivity contribution in [2.24, 2.45) is 0 Å². The van der Waals surface area contributed by atoms with Crippen molar-refractivity contribution in [3.05, 3.63) is 53.6 Å². The second kappa shape index (κ2) is 10.8. The number of hydrogen-bond acceptors (Lipinski definition) is 6. The van der Waals surface area contributed by atoms with E-state index in [1.807, 2.05) is 39.8 Å². The molecule has 0 saturated carbocycles. The minimum absolute atomic E-state index is 0.188. The molecule has 8 heteroatoms. The van der Waals surface area contributed by atoms with Crippen molar-refractivity contribution < 1.29 is 13.2 Å². The average Bonchev–Trinajstić information content (AvgIpc) is 2.85. The topological polar surface area (TPSA) is 75.6 Å². The van der Waals surface area contributed by atoms with Crippen LogP contribution < -0.4 is 4.90 Å². The first kappa shape index (κ1) is 26.5. The van der Waals surface area contributed by atoms with E-state index in [2.05, 4.69) is 42.2 Å². The highest BCUT2D eigenvalue weighted by Crippen LogP contribution is 2.30. The van der Waals surface area contributed by atoms with E-state index >= 15 is 0 Å². The lowest BCUT2D eigenvalue weighted by molar-refractivity contribution is -0.0149. The minimum atomic E-state index is -3.20. The highest BCUT2D eigenvalue weighted by molar-refractivity contribution is 7.89. The van der Waals surface area contributed by atoms with Crippen LogP contribution in [0.25, 0.3) is 22.3 Å². The first-order valence-electron chi connectivity index (χ1n) is 12.8. The van der Waals surface area contributed by atoms with Crippen LogP contribution in [0.2, 0.25) is 0 Å². The lowest BCUT2D eigenvalue weighted by Crippen LogP contribution is -2.49. The van der Waals surface area contributed by atoms with E-state index in [0.29, 0.717) is 45.0 Å². The Kier molecular flexibility index (Phi) is 7.97. The molecule has 1 aliphatic heterocycles. The summed E-state index contributed by atoms with van der Waals surface area (Å²) in [5.74, 6) is 1.75. The summed E-state index contributed by atoms with van der Waals surface area (Å²) in [6.07, 6.45) is 1.57. The zero-order chi connectivity index (χ0) is 25.9. The standard InChI is InChI=1S/C28H38N4O3S/c1-6-7-18-36(33,34)32-16-14-31(15-17-32)27-24-13-8-21(2)19-25(24)29-26(30-27)23-11-9-22(10-12-23)20-35-28(3,4)5/h8-13,19H,6-7,14-18,20H2,1-5H3. The summed E-state index contributed by atoms with van der Waals surface area (Å²) < 4.78 is 32.9. The van der Waals surface area contributed by atoms with E-state index in [0.717, 1.165) is 39.8 Å². The SMILES string of the molecule is CCCCS(=O)(=O)N1CCN(c2nc(-c3ccc(COC(C)(C)C)cc3)nc3cc(C)ccc23)CC1. The van der Waals surface area contributed by atoms with Crippen molar-refractivity contribution in [3.63, 3.8) is 0 Å². The van der Waals surface area contributed by atoms with Gasteiger partial charge in [-0.1, -0.05) is 43.7 Å². The molecule has 1 aromatic heterocycles. The van der Waals surface area contributed by atoms with Crippen molar-refractivity contribution in [1.29, 1.82) is 0 Å². The monoisotopic (exact) mass is 510 g/mol. The number of aromatic nitrogens is 2.